The maximum absolute atomic E-state index is 11.6. The molecule has 0 fully saturated rings. The molecule has 1 aromatic carbocycles. The zero-order valence-corrected chi connectivity index (χ0v) is 10.1. The molecule has 0 saturated heterocycles. The van der Waals surface area contributed by atoms with Gasteiger partial charge in [0.05, 0.1) is 29.5 Å². The Balaban J connectivity index is 2.43. The molecule has 0 radical (unpaired) electrons. The third-order valence-corrected chi connectivity index (χ3v) is 2.67. The highest BCUT2D eigenvalue weighted by atomic mass is 16.6. The van der Waals surface area contributed by atoms with Crippen molar-refractivity contribution < 1.29 is 24.3 Å². The van der Waals surface area contributed by atoms with E-state index in [9.17, 15) is 24.8 Å². The highest BCUT2D eigenvalue weighted by molar-refractivity contribution is 5.76. The Hall–Kier alpha value is -2.68. The topological polar surface area (TPSA) is 136 Å². The van der Waals surface area contributed by atoms with Gasteiger partial charge in [-0.3, -0.25) is 19.5 Å². The number of aliphatic hydroxyl groups excluding tert-OH is 1. The molecule has 1 atom stereocenters. The van der Waals surface area contributed by atoms with E-state index in [-0.39, 0.29) is 23.3 Å². The van der Waals surface area contributed by atoms with Crippen molar-refractivity contribution in [3.8, 4) is 0 Å². The number of aliphatic carboxylic acids is 1. The molecular weight excluding hydrogens is 272 g/mol. The van der Waals surface area contributed by atoms with Gasteiger partial charge in [0.2, 0.25) is 0 Å². The Kier molecular flexibility index (Phi) is 3.53. The minimum atomic E-state index is -1.30. The summed E-state index contributed by atoms with van der Waals surface area (Å²) in [7, 11) is 0. The van der Waals surface area contributed by atoms with Gasteiger partial charge in [0.1, 0.15) is 0 Å². The highest BCUT2D eigenvalue weighted by Gasteiger charge is 2.18. The average Bonchev–Trinajstić information content (AvgIpc) is 2.64. The largest absolute Gasteiger partial charge is 0.481 e. The molecule has 0 aliphatic carbocycles. The molecule has 2 aromatic rings. The van der Waals surface area contributed by atoms with E-state index in [1.54, 1.807) is 0 Å². The number of nitro benzene ring substituents is 1. The first-order valence-electron chi connectivity index (χ1n) is 5.56. The lowest BCUT2D eigenvalue weighted by molar-refractivity contribution is -0.384. The first-order chi connectivity index (χ1) is 9.38. The van der Waals surface area contributed by atoms with Crippen LogP contribution in [0.2, 0.25) is 0 Å². The molecule has 0 amide bonds. The minimum Gasteiger partial charge on any atom is -0.481 e. The number of rotatable bonds is 5. The smallest absolute Gasteiger partial charge is 0.420 e. The molecule has 1 heterocycles. The van der Waals surface area contributed by atoms with Gasteiger partial charge in [-0.25, -0.2) is 4.79 Å². The summed E-state index contributed by atoms with van der Waals surface area (Å²) in [6, 6.07) is 3.59. The summed E-state index contributed by atoms with van der Waals surface area (Å²) in [6.07, 6.45) is -1.85. The van der Waals surface area contributed by atoms with Crippen molar-refractivity contribution in [1.82, 2.24) is 4.57 Å². The third-order valence-electron chi connectivity index (χ3n) is 2.67. The maximum atomic E-state index is 11.6. The number of aliphatic hydroxyl groups is 1. The third kappa shape index (κ3) is 2.67. The second-order valence-corrected chi connectivity index (χ2v) is 4.14. The molecule has 9 heteroatoms. The van der Waals surface area contributed by atoms with Gasteiger partial charge in [-0.2, -0.15) is 0 Å². The second-order valence-electron chi connectivity index (χ2n) is 4.14. The maximum Gasteiger partial charge on any atom is 0.420 e. The van der Waals surface area contributed by atoms with Crippen LogP contribution in [0.5, 0.6) is 0 Å². The minimum absolute atomic E-state index is 0.128. The van der Waals surface area contributed by atoms with Crippen molar-refractivity contribution in [3.05, 3.63) is 38.9 Å². The number of nitro groups is 1. The summed E-state index contributed by atoms with van der Waals surface area (Å²) < 4.78 is 5.83. The fourth-order valence-corrected chi connectivity index (χ4v) is 1.81. The first kappa shape index (κ1) is 13.7. The monoisotopic (exact) mass is 282 g/mol. The Bertz CT molecular complexity index is 730. The lowest BCUT2D eigenvalue weighted by Gasteiger charge is -2.07. The van der Waals surface area contributed by atoms with Crippen LogP contribution in [0.4, 0.5) is 5.69 Å². The SMILES string of the molecule is O=C(O)CC(O)Cn1c(=O)oc2ccc([N+](=O)[O-])cc21. The van der Waals surface area contributed by atoms with Crippen LogP contribution in [0.1, 0.15) is 6.42 Å². The predicted octanol–water partition coefficient (Wildman–Crippen LogP) is 0.338. The standard InChI is InChI=1S/C11H10N2O7/c14-7(4-10(15)16)5-12-8-3-6(13(18)19)1-2-9(8)20-11(12)17/h1-3,7,14H,4-5H2,(H,15,16). The number of carboxylic acid groups (broad SMARTS) is 1. The van der Waals surface area contributed by atoms with Crippen LogP contribution in [0, 0.1) is 10.1 Å². The molecule has 2 N–H and O–H groups in total. The molecule has 9 nitrogen and oxygen atoms in total. The number of non-ortho nitro benzene ring substituents is 1. The molecular formula is C11H10N2O7. The molecule has 0 saturated carbocycles. The number of benzene rings is 1. The van der Waals surface area contributed by atoms with Crippen LogP contribution in [0.15, 0.2) is 27.4 Å². The van der Waals surface area contributed by atoms with Crippen molar-refractivity contribution in [2.75, 3.05) is 0 Å². The first-order valence-corrected chi connectivity index (χ1v) is 5.56. The molecule has 20 heavy (non-hydrogen) atoms. The second kappa shape index (κ2) is 5.13. The van der Waals surface area contributed by atoms with E-state index in [1.807, 2.05) is 0 Å². The molecule has 106 valence electrons. The summed E-state index contributed by atoms with van der Waals surface area (Å²) in [5, 5.41) is 28.8. The zero-order valence-electron chi connectivity index (χ0n) is 10.1. The Morgan fingerprint density at radius 2 is 2.20 bits per heavy atom. The van der Waals surface area contributed by atoms with E-state index >= 15 is 0 Å². The van der Waals surface area contributed by atoms with Gasteiger partial charge in [0.15, 0.2) is 5.58 Å². The van der Waals surface area contributed by atoms with Crippen LogP contribution in [0.25, 0.3) is 11.1 Å². The van der Waals surface area contributed by atoms with Crippen molar-refractivity contribution >= 4 is 22.8 Å². The lowest BCUT2D eigenvalue weighted by atomic mass is 10.2. The van der Waals surface area contributed by atoms with E-state index in [1.165, 1.54) is 12.1 Å². The summed E-state index contributed by atoms with van der Waals surface area (Å²) in [4.78, 5) is 32.1. The number of aromatic nitrogens is 1. The van der Waals surface area contributed by atoms with Crippen LogP contribution in [-0.2, 0) is 11.3 Å². The Morgan fingerprint density at radius 1 is 1.50 bits per heavy atom. The number of carboxylic acids is 1. The van der Waals surface area contributed by atoms with Crippen LogP contribution < -0.4 is 5.76 Å². The fourth-order valence-electron chi connectivity index (χ4n) is 1.81. The number of hydrogen-bond acceptors (Lipinski definition) is 6. The van der Waals surface area contributed by atoms with Gasteiger partial charge in [0.25, 0.3) is 5.69 Å². The number of hydrogen-bond donors (Lipinski definition) is 2. The summed E-state index contributed by atoms with van der Waals surface area (Å²) in [5.41, 5.74) is 0.0246. The molecule has 2 rings (SSSR count). The molecule has 1 aromatic heterocycles. The summed E-state index contributed by atoms with van der Waals surface area (Å²) in [6.45, 7) is -0.320. The van der Waals surface area contributed by atoms with Crippen molar-refractivity contribution in [2.45, 2.75) is 19.1 Å². The van der Waals surface area contributed by atoms with Gasteiger partial charge in [-0.05, 0) is 6.07 Å². The van der Waals surface area contributed by atoms with E-state index in [0.717, 1.165) is 10.6 Å². The summed E-state index contributed by atoms with van der Waals surface area (Å²) in [5.74, 6) is -2.03. The van der Waals surface area contributed by atoms with Crippen LogP contribution in [-0.4, -0.2) is 31.8 Å². The van der Waals surface area contributed by atoms with E-state index in [0.29, 0.717) is 0 Å². The highest BCUT2D eigenvalue weighted by Crippen LogP contribution is 2.20. The van der Waals surface area contributed by atoms with E-state index in [2.05, 4.69) is 0 Å². The van der Waals surface area contributed by atoms with Gasteiger partial charge in [-0.1, -0.05) is 0 Å². The quantitative estimate of drug-likeness (QED) is 0.595. The number of oxazole rings is 1. The van der Waals surface area contributed by atoms with Gasteiger partial charge < -0.3 is 14.6 Å². The van der Waals surface area contributed by atoms with Crippen molar-refractivity contribution in [1.29, 1.82) is 0 Å². The Morgan fingerprint density at radius 3 is 2.80 bits per heavy atom. The van der Waals surface area contributed by atoms with Crippen LogP contribution >= 0.6 is 0 Å². The number of nitrogens with zero attached hydrogens (tertiary/aromatic N) is 2. The van der Waals surface area contributed by atoms with Gasteiger partial charge >= 0.3 is 11.7 Å². The fraction of sp³-hybridized carbons (Fsp3) is 0.273. The zero-order chi connectivity index (χ0) is 14.9. The summed E-state index contributed by atoms with van der Waals surface area (Å²) >= 11 is 0. The molecule has 0 bridgehead atoms. The van der Waals surface area contributed by atoms with Gasteiger partial charge in [-0.15, -0.1) is 0 Å². The van der Waals surface area contributed by atoms with Crippen molar-refractivity contribution in [3.63, 3.8) is 0 Å². The van der Waals surface area contributed by atoms with Gasteiger partial charge in [0, 0.05) is 12.1 Å². The molecule has 0 spiro atoms. The van der Waals surface area contributed by atoms with Crippen LogP contribution in [0.3, 0.4) is 0 Å². The lowest BCUT2D eigenvalue weighted by Crippen LogP contribution is -2.25. The predicted molar refractivity (Wildman–Crippen MR) is 65.4 cm³/mol. The number of carbonyl (C=O) groups is 1. The molecule has 1 unspecified atom stereocenters. The normalized spacial score (nSPS) is 12.4. The average molecular weight is 282 g/mol. The molecule has 0 aliphatic rings. The number of fused-ring (bicyclic) bond motifs is 1. The van der Waals surface area contributed by atoms with Crippen molar-refractivity contribution in [2.24, 2.45) is 0 Å². The van der Waals surface area contributed by atoms with E-state index < -0.39 is 29.2 Å². The van der Waals surface area contributed by atoms with E-state index in [4.69, 9.17) is 9.52 Å². The molecule has 0 aliphatic heterocycles. The Labute approximate surface area is 110 Å².